The number of nitrogens with one attached hydrogen (secondary N) is 1. The van der Waals surface area contributed by atoms with Crippen molar-refractivity contribution in [2.75, 3.05) is 0 Å². The fraction of sp³-hybridized carbons (Fsp3) is 0. The first kappa shape index (κ1) is 20.5. The molecule has 0 saturated carbocycles. The molecule has 0 spiro atoms. The van der Waals surface area contributed by atoms with Crippen molar-refractivity contribution in [3.8, 4) is 11.1 Å². The second kappa shape index (κ2) is 8.55. The van der Waals surface area contributed by atoms with Crippen LogP contribution in [0, 0.1) is 0 Å². The van der Waals surface area contributed by atoms with Gasteiger partial charge in [-0.15, -0.1) is 0 Å². The van der Waals surface area contributed by atoms with E-state index < -0.39 is 30.5 Å². The van der Waals surface area contributed by atoms with Crippen molar-refractivity contribution in [3.63, 3.8) is 0 Å². The summed E-state index contributed by atoms with van der Waals surface area (Å²) >= 11 is 0. The van der Waals surface area contributed by atoms with Crippen LogP contribution in [0.25, 0.3) is 11.1 Å². The predicted molar refractivity (Wildman–Crippen MR) is 89.5 cm³/mol. The number of rotatable bonds is 4. The van der Waals surface area contributed by atoms with Gasteiger partial charge in [0.05, 0.1) is 0 Å². The Morgan fingerprint density at radius 2 is 1.12 bits per heavy atom. The van der Waals surface area contributed by atoms with Crippen LogP contribution in [0.3, 0.4) is 0 Å². The molecule has 0 aliphatic rings. The summed E-state index contributed by atoms with van der Waals surface area (Å²) in [5.41, 5.74) is 7.85. The van der Waals surface area contributed by atoms with Crippen LogP contribution in [0.5, 0.6) is 0 Å². The average molecular weight is 389 g/mol. The smallest absolute Gasteiger partial charge is 0.350 e. The first-order chi connectivity index (χ1) is 11.5. The maximum absolute atomic E-state index is 10.2. The molecule has 0 saturated heterocycles. The van der Waals surface area contributed by atoms with Gasteiger partial charge in [-0.25, -0.2) is 10.2 Å². The number of carbonyl (C=O) groups is 1. The van der Waals surface area contributed by atoms with E-state index in [0.717, 1.165) is 5.43 Å². The topological polar surface area (TPSA) is 167 Å². The van der Waals surface area contributed by atoms with Gasteiger partial charge in [0.15, 0.2) is 0 Å². The minimum absolute atomic E-state index is 0.956. The van der Waals surface area contributed by atoms with Crippen molar-refractivity contribution in [3.05, 3.63) is 60.7 Å². The first-order valence-electron chi connectivity index (χ1n) is 6.43. The lowest BCUT2D eigenvalue weighted by molar-refractivity contribution is 0.235. The molecule has 0 aliphatic heterocycles. The number of nitrogens with zero attached hydrogens (tertiary/aromatic N) is 1. The monoisotopic (exact) mass is 389 g/mol. The maximum Gasteiger partial charge on any atom is 0.369 e. The van der Waals surface area contributed by atoms with Crippen LogP contribution in [0.4, 0.5) is 4.79 Å². The Morgan fingerprint density at radius 3 is 1.32 bits per heavy atom. The molecule has 2 rings (SSSR count). The van der Waals surface area contributed by atoms with Gasteiger partial charge in [-0.2, -0.15) is 16.8 Å². The largest absolute Gasteiger partial charge is 0.369 e. The van der Waals surface area contributed by atoms with Gasteiger partial charge in [0.2, 0.25) is 0 Å². The summed E-state index contributed by atoms with van der Waals surface area (Å²) in [6.45, 7) is 0. The number of benzene rings is 2. The molecule has 12 heteroatoms. The van der Waals surface area contributed by atoms with Crippen LogP contribution in [0.15, 0.2) is 60.7 Å². The van der Waals surface area contributed by atoms with Gasteiger partial charge in [-0.05, 0) is 11.1 Å². The van der Waals surface area contributed by atoms with E-state index >= 15 is 0 Å². The van der Waals surface area contributed by atoms with Gasteiger partial charge < -0.3 is 5.73 Å². The van der Waals surface area contributed by atoms with Gasteiger partial charge in [0.1, 0.15) is 0 Å². The quantitative estimate of drug-likeness (QED) is 0.443. The second-order valence-corrected chi connectivity index (χ2v) is 7.11. The minimum atomic E-state index is -5.33. The Hall–Kier alpha value is -2.51. The first-order valence-corrected chi connectivity index (χ1v) is 9.23. The standard InChI is InChI=1S/C12H10.CH5N3O7S2/c1-3-7-11(8-4-1)12-9-5-2-6-10-12;2-1(5)3-4(12(6,7)8)13(9,10)11/h1-10H;(H3,2,3,5)(H,6,7,8)(H,9,10,11). The molecule has 0 aliphatic carbocycles. The van der Waals surface area contributed by atoms with Gasteiger partial charge in [-0.3, -0.25) is 9.11 Å². The molecule has 0 unspecified atom stereocenters. The summed E-state index contributed by atoms with van der Waals surface area (Å²) in [7, 11) is -10.7. The van der Waals surface area contributed by atoms with E-state index in [1.54, 1.807) is 0 Å². The van der Waals surface area contributed by atoms with Crippen LogP contribution in [-0.2, 0) is 20.6 Å². The normalized spacial score (nSPS) is 11.3. The highest BCUT2D eigenvalue weighted by molar-refractivity contribution is 7.98. The third-order valence-electron chi connectivity index (χ3n) is 2.50. The summed E-state index contributed by atoms with van der Waals surface area (Å²) in [6, 6.07) is 19.2. The molecular formula is C13H15N3O7S2. The Balaban J connectivity index is 0.000000250. The van der Waals surface area contributed by atoms with Gasteiger partial charge >= 0.3 is 26.6 Å². The molecule has 0 heterocycles. The Labute approximate surface area is 144 Å². The molecule has 0 aromatic heterocycles. The van der Waals surface area contributed by atoms with Crippen LogP contribution < -0.4 is 11.2 Å². The molecule has 10 nitrogen and oxygen atoms in total. The predicted octanol–water partition coefficient (Wildman–Crippen LogP) is 0.831. The Kier molecular flexibility index (Phi) is 7.02. The summed E-state index contributed by atoms with van der Waals surface area (Å²) in [5.74, 6) is 0. The molecule has 2 amide bonds. The summed E-state index contributed by atoms with van der Waals surface area (Å²) in [6.07, 6.45) is 0. The third kappa shape index (κ3) is 7.28. The Bertz CT molecular complexity index is 832. The number of hydrogen-bond donors (Lipinski definition) is 4. The molecule has 25 heavy (non-hydrogen) atoms. The highest BCUT2D eigenvalue weighted by Gasteiger charge is 2.32. The van der Waals surface area contributed by atoms with Gasteiger partial charge in [-0.1, -0.05) is 60.7 Å². The number of hydrogen-bond acceptors (Lipinski definition) is 5. The fourth-order valence-electron chi connectivity index (χ4n) is 1.59. The van der Waals surface area contributed by atoms with Crippen molar-refractivity contribution in [2.45, 2.75) is 0 Å². The molecule has 2 aromatic rings. The van der Waals surface area contributed by atoms with E-state index in [1.807, 2.05) is 12.1 Å². The van der Waals surface area contributed by atoms with E-state index in [2.05, 4.69) is 54.3 Å². The van der Waals surface area contributed by atoms with E-state index in [9.17, 15) is 21.6 Å². The molecule has 0 fully saturated rings. The molecule has 136 valence electrons. The minimum Gasteiger partial charge on any atom is -0.350 e. The van der Waals surface area contributed by atoms with Crippen molar-refractivity contribution >= 4 is 26.6 Å². The zero-order chi connectivity index (χ0) is 19.1. The zero-order valence-electron chi connectivity index (χ0n) is 12.6. The lowest BCUT2D eigenvalue weighted by Gasteiger charge is -2.12. The molecule has 0 atom stereocenters. The van der Waals surface area contributed by atoms with E-state index in [-0.39, 0.29) is 0 Å². The van der Waals surface area contributed by atoms with E-state index in [4.69, 9.17) is 9.11 Å². The number of amides is 2. The average Bonchev–Trinajstić information content (AvgIpc) is 2.53. The number of hydrazine groups is 1. The highest BCUT2D eigenvalue weighted by atomic mass is 32.3. The third-order valence-corrected chi connectivity index (χ3v) is 4.65. The van der Waals surface area contributed by atoms with Crippen molar-refractivity contribution in [1.29, 1.82) is 0 Å². The van der Waals surface area contributed by atoms with E-state index in [1.165, 1.54) is 11.1 Å². The molecular weight excluding hydrogens is 374 g/mol. The summed E-state index contributed by atoms with van der Waals surface area (Å²) < 4.78 is 55.9. The number of nitrogens with two attached hydrogens (primary N) is 1. The molecule has 0 bridgehead atoms. The lowest BCUT2D eigenvalue weighted by atomic mass is 10.1. The van der Waals surface area contributed by atoms with Crippen LogP contribution in [-0.4, -0.2) is 35.8 Å². The SMILES string of the molecule is NC(=O)NN(S(=O)(=O)O)S(=O)(=O)O.c1ccc(-c2ccccc2)cc1. The van der Waals surface area contributed by atoms with Crippen molar-refractivity contribution in [1.82, 2.24) is 9.25 Å². The number of urea groups is 1. The van der Waals surface area contributed by atoms with E-state index in [0.29, 0.717) is 0 Å². The number of carbonyl (C=O) groups excluding carboxylic acids is 1. The molecule has 0 radical (unpaired) electrons. The van der Waals surface area contributed by atoms with Gasteiger partial charge in [0.25, 0.3) is 0 Å². The summed E-state index contributed by atoms with van der Waals surface area (Å²) in [5, 5.41) is 0. The molecule has 2 aromatic carbocycles. The Morgan fingerprint density at radius 1 is 0.800 bits per heavy atom. The number of primary amides is 1. The summed E-state index contributed by atoms with van der Waals surface area (Å²) in [4.78, 5) is 10.0. The van der Waals surface area contributed by atoms with Crippen molar-refractivity contribution in [2.24, 2.45) is 5.73 Å². The molecule has 5 N–H and O–H groups in total. The fourth-order valence-corrected chi connectivity index (χ4v) is 2.95. The second-order valence-electron chi connectivity index (χ2n) is 4.36. The van der Waals surface area contributed by atoms with Crippen molar-refractivity contribution < 1.29 is 30.7 Å². The van der Waals surface area contributed by atoms with Crippen LogP contribution >= 0.6 is 0 Å². The lowest BCUT2D eigenvalue weighted by Crippen LogP contribution is -2.50. The highest BCUT2D eigenvalue weighted by Crippen LogP contribution is 2.17. The van der Waals surface area contributed by atoms with Crippen LogP contribution in [0.1, 0.15) is 0 Å². The zero-order valence-corrected chi connectivity index (χ0v) is 14.2. The maximum atomic E-state index is 10.2. The van der Waals surface area contributed by atoms with Gasteiger partial charge in [0, 0.05) is 3.82 Å². The van der Waals surface area contributed by atoms with Crippen LogP contribution in [0.2, 0.25) is 0 Å².